The van der Waals surface area contributed by atoms with E-state index in [1.165, 1.54) is 6.92 Å². The van der Waals surface area contributed by atoms with Gasteiger partial charge in [0.25, 0.3) is 11.5 Å². The number of carbonyl (C=O) groups excluding carboxylic acids is 2. The summed E-state index contributed by atoms with van der Waals surface area (Å²) in [6, 6.07) is 8.73. The highest BCUT2D eigenvalue weighted by molar-refractivity contribution is 5.94. The Labute approximate surface area is 151 Å². The standard InChI is InChI=1S/C19H22N4O3/c1-12-8-9-15(18(25)21-12)19(26)23-10-4-7-17(23)16-6-3-5-14(22-16)11-20-13(2)24/h3,5-6,8-9,17H,4,7,10-11H2,1-2H3,(H,20,24)(H,21,25)/t17-/m1/s1. The van der Waals surface area contributed by atoms with Gasteiger partial charge >= 0.3 is 0 Å². The average Bonchev–Trinajstić information content (AvgIpc) is 3.09. The number of carbonyl (C=O) groups is 2. The molecule has 1 fully saturated rings. The van der Waals surface area contributed by atoms with Gasteiger partial charge in [-0.2, -0.15) is 0 Å². The molecule has 26 heavy (non-hydrogen) atoms. The lowest BCUT2D eigenvalue weighted by Crippen LogP contribution is -2.35. The Morgan fingerprint density at radius 1 is 1.31 bits per heavy atom. The molecule has 0 bridgehead atoms. The van der Waals surface area contributed by atoms with Gasteiger partial charge in [-0.1, -0.05) is 6.07 Å². The van der Waals surface area contributed by atoms with E-state index in [1.807, 2.05) is 18.2 Å². The molecule has 0 saturated carbocycles. The number of nitrogens with one attached hydrogen (secondary N) is 2. The predicted molar refractivity (Wildman–Crippen MR) is 96.6 cm³/mol. The van der Waals surface area contributed by atoms with Gasteiger partial charge in [0.05, 0.1) is 24.0 Å². The third kappa shape index (κ3) is 3.82. The van der Waals surface area contributed by atoms with Crippen molar-refractivity contribution in [1.29, 1.82) is 0 Å². The molecule has 7 nitrogen and oxygen atoms in total. The number of pyridine rings is 2. The Bertz CT molecular complexity index is 890. The topological polar surface area (TPSA) is 95.2 Å². The molecule has 0 unspecified atom stereocenters. The van der Waals surface area contributed by atoms with Crippen molar-refractivity contribution in [2.75, 3.05) is 6.54 Å². The number of hydrogen-bond donors (Lipinski definition) is 2. The molecule has 2 amide bonds. The second-order valence-corrected chi connectivity index (χ2v) is 6.50. The smallest absolute Gasteiger partial charge is 0.260 e. The number of aromatic nitrogens is 2. The van der Waals surface area contributed by atoms with E-state index in [-0.39, 0.29) is 29.0 Å². The fourth-order valence-electron chi connectivity index (χ4n) is 3.21. The van der Waals surface area contributed by atoms with Crippen molar-refractivity contribution in [3.8, 4) is 0 Å². The van der Waals surface area contributed by atoms with Gasteiger partial charge in [-0.05, 0) is 44.0 Å². The highest BCUT2D eigenvalue weighted by atomic mass is 16.2. The molecule has 3 heterocycles. The molecule has 3 rings (SSSR count). The maximum Gasteiger partial charge on any atom is 0.260 e. The molecule has 2 N–H and O–H groups in total. The number of amides is 2. The fourth-order valence-corrected chi connectivity index (χ4v) is 3.21. The summed E-state index contributed by atoms with van der Waals surface area (Å²) in [5, 5.41) is 2.72. The van der Waals surface area contributed by atoms with Crippen molar-refractivity contribution in [1.82, 2.24) is 20.2 Å². The van der Waals surface area contributed by atoms with Gasteiger partial charge in [0.15, 0.2) is 0 Å². The molecule has 1 saturated heterocycles. The molecule has 2 aromatic rings. The SMILES string of the molecule is CC(=O)NCc1cccc([C@H]2CCCN2C(=O)c2ccc(C)[nH]c2=O)n1. The minimum Gasteiger partial charge on any atom is -0.351 e. The summed E-state index contributed by atoms with van der Waals surface area (Å²) in [5.74, 6) is -0.392. The third-order valence-corrected chi connectivity index (χ3v) is 4.49. The van der Waals surface area contributed by atoms with Crippen LogP contribution < -0.4 is 10.9 Å². The van der Waals surface area contributed by atoms with E-state index in [4.69, 9.17) is 0 Å². The second-order valence-electron chi connectivity index (χ2n) is 6.50. The van der Waals surface area contributed by atoms with Gasteiger partial charge in [0.1, 0.15) is 5.56 Å². The van der Waals surface area contributed by atoms with Crippen molar-refractivity contribution < 1.29 is 9.59 Å². The van der Waals surface area contributed by atoms with Gasteiger partial charge < -0.3 is 15.2 Å². The maximum atomic E-state index is 12.9. The van der Waals surface area contributed by atoms with E-state index in [9.17, 15) is 14.4 Å². The summed E-state index contributed by atoms with van der Waals surface area (Å²) in [4.78, 5) is 45.1. The van der Waals surface area contributed by atoms with Crippen LogP contribution in [0.4, 0.5) is 0 Å². The number of aromatic amines is 1. The van der Waals surface area contributed by atoms with E-state index in [0.717, 1.165) is 29.9 Å². The number of likely N-dealkylation sites (tertiary alicyclic amines) is 1. The first-order chi connectivity index (χ1) is 12.5. The van der Waals surface area contributed by atoms with Crippen LogP contribution in [0.2, 0.25) is 0 Å². The van der Waals surface area contributed by atoms with Gasteiger partial charge in [0, 0.05) is 19.2 Å². The minimum absolute atomic E-state index is 0.117. The summed E-state index contributed by atoms with van der Waals surface area (Å²) in [5.41, 5.74) is 2.02. The van der Waals surface area contributed by atoms with E-state index in [1.54, 1.807) is 24.0 Å². The molecule has 0 aliphatic carbocycles. The van der Waals surface area contributed by atoms with Crippen LogP contribution in [0, 0.1) is 6.92 Å². The fraction of sp³-hybridized carbons (Fsp3) is 0.368. The Morgan fingerprint density at radius 3 is 2.85 bits per heavy atom. The molecule has 2 aromatic heterocycles. The number of nitrogens with zero attached hydrogens (tertiary/aromatic N) is 2. The van der Waals surface area contributed by atoms with Crippen molar-refractivity contribution in [3.05, 3.63) is 63.3 Å². The Kier molecular flexibility index (Phi) is 5.16. The summed E-state index contributed by atoms with van der Waals surface area (Å²) >= 11 is 0. The zero-order valence-corrected chi connectivity index (χ0v) is 14.9. The quantitative estimate of drug-likeness (QED) is 0.873. The van der Waals surface area contributed by atoms with Crippen molar-refractivity contribution in [3.63, 3.8) is 0 Å². The van der Waals surface area contributed by atoms with Crippen LogP contribution in [0.3, 0.4) is 0 Å². The van der Waals surface area contributed by atoms with E-state index < -0.39 is 0 Å². The Hall–Kier alpha value is -2.96. The van der Waals surface area contributed by atoms with Crippen LogP contribution in [0.25, 0.3) is 0 Å². The summed E-state index contributed by atoms with van der Waals surface area (Å²) in [6.45, 7) is 4.18. The first-order valence-electron chi connectivity index (χ1n) is 8.67. The summed E-state index contributed by atoms with van der Waals surface area (Å²) < 4.78 is 0. The lowest BCUT2D eigenvalue weighted by Gasteiger charge is -2.24. The first-order valence-corrected chi connectivity index (χ1v) is 8.67. The number of H-pyrrole nitrogens is 1. The third-order valence-electron chi connectivity index (χ3n) is 4.49. The summed E-state index contributed by atoms with van der Waals surface area (Å²) in [7, 11) is 0. The van der Waals surface area contributed by atoms with E-state index in [2.05, 4.69) is 15.3 Å². The normalized spacial score (nSPS) is 16.5. The first kappa shape index (κ1) is 17.8. The summed E-state index contributed by atoms with van der Waals surface area (Å²) in [6.07, 6.45) is 1.66. The Balaban J connectivity index is 1.84. The zero-order valence-electron chi connectivity index (χ0n) is 14.9. The predicted octanol–water partition coefficient (Wildman–Crippen LogP) is 1.69. The molecule has 136 valence electrons. The minimum atomic E-state index is -0.368. The van der Waals surface area contributed by atoms with Crippen LogP contribution >= 0.6 is 0 Å². The monoisotopic (exact) mass is 354 g/mol. The average molecular weight is 354 g/mol. The number of rotatable bonds is 4. The highest BCUT2D eigenvalue weighted by Gasteiger charge is 2.32. The van der Waals surface area contributed by atoms with E-state index in [0.29, 0.717) is 13.1 Å². The van der Waals surface area contributed by atoms with Gasteiger partial charge in [-0.15, -0.1) is 0 Å². The van der Waals surface area contributed by atoms with Gasteiger partial charge in [-0.3, -0.25) is 19.4 Å². The highest BCUT2D eigenvalue weighted by Crippen LogP contribution is 2.31. The lowest BCUT2D eigenvalue weighted by atomic mass is 10.1. The van der Waals surface area contributed by atoms with Crippen LogP contribution in [0.1, 0.15) is 53.2 Å². The lowest BCUT2D eigenvalue weighted by molar-refractivity contribution is -0.119. The van der Waals surface area contributed by atoms with Crippen molar-refractivity contribution in [2.45, 2.75) is 39.3 Å². The van der Waals surface area contributed by atoms with Crippen LogP contribution in [-0.2, 0) is 11.3 Å². The van der Waals surface area contributed by atoms with Gasteiger partial charge in [-0.25, -0.2) is 0 Å². The zero-order chi connectivity index (χ0) is 18.7. The molecule has 0 spiro atoms. The molecule has 1 aliphatic rings. The molecule has 0 radical (unpaired) electrons. The van der Waals surface area contributed by atoms with Crippen LogP contribution in [0.5, 0.6) is 0 Å². The van der Waals surface area contributed by atoms with E-state index >= 15 is 0 Å². The number of aryl methyl sites for hydroxylation is 1. The largest absolute Gasteiger partial charge is 0.351 e. The molecule has 7 heteroatoms. The second kappa shape index (κ2) is 7.51. The maximum absolute atomic E-state index is 12.9. The molecular formula is C19H22N4O3. The molecule has 1 atom stereocenters. The molecular weight excluding hydrogens is 332 g/mol. The van der Waals surface area contributed by atoms with Gasteiger partial charge in [0.2, 0.25) is 5.91 Å². The van der Waals surface area contributed by atoms with Crippen LogP contribution in [-0.4, -0.2) is 33.2 Å². The number of hydrogen-bond acceptors (Lipinski definition) is 4. The molecule has 0 aromatic carbocycles. The van der Waals surface area contributed by atoms with Crippen LogP contribution in [0.15, 0.2) is 35.1 Å². The Morgan fingerprint density at radius 2 is 2.12 bits per heavy atom. The van der Waals surface area contributed by atoms with Crippen molar-refractivity contribution in [2.24, 2.45) is 0 Å². The van der Waals surface area contributed by atoms with Crippen molar-refractivity contribution >= 4 is 11.8 Å². The molecule has 1 aliphatic heterocycles.